The minimum absolute atomic E-state index is 0.0576. The van der Waals surface area contributed by atoms with Crippen LogP contribution in [0.15, 0.2) is 4.52 Å². The van der Waals surface area contributed by atoms with Gasteiger partial charge in [0.15, 0.2) is 5.82 Å². The molecule has 0 bridgehead atoms. The van der Waals surface area contributed by atoms with Crippen LogP contribution in [0.4, 0.5) is 0 Å². The van der Waals surface area contributed by atoms with E-state index in [1.807, 2.05) is 0 Å². The van der Waals surface area contributed by atoms with Crippen molar-refractivity contribution in [2.75, 3.05) is 26.3 Å². The van der Waals surface area contributed by atoms with Crippen molar-refractivity contribution in [3.05, 3.63) is 11.7 Å². The first-order chi connectivity index (χ1) is 8.81. The summed E-state index contributed by atoms with van der Waals surface area (Å²) in [5.74, 6) is 1.44. The summed E-state index contributed by atoms with van der Waals surface area (Å²) in [5, 5.41) is 13.0. The Morgan fingerprint density at radius 3 is 3.17 bits per heavy atom. The summed E-state index contributed by atoms with van der Waals surface area (Å²) >= 11 is 0. The van der Waals surface area contributed by atoms with Crippen molar-refractivity contribution >= 4 is 0 Å². The molecule has 2 rings (SSSR count). The van der Waals surface area contributed by atoms with Crippen molar-refractivity contribution in [3.63, 3.8) is 0 Å². The van der Waals surface area contributed by atoms with Gasteiger partial charge in [-0.2, -0.15) is 4.98 Å². The molecule has 18 heavy (non-hydrogen) atoms. The Kier molecular flexibility index (Phi) is 5.10. The van der Waals surface area contributed by atoms with E-state index in [0.29, 0.717) is 25.6 Å². The number of rotatable bonds is 6. The third kappa shape index (κ3) is 3.76. The molecule has 1 aliphatic rings. The first-order valence-electron chi connectivity index (χ1n) is 6.58. The molecule has 0 spiro atoms. The maximum absolute atomic E-state index is 9.07. The third-order valence-electron chi connectivity index (χ3n) is 3.05. The van der Waals surface area contributed by atoms with E-state index in [1.165, 1.54) is 0 Å². The molecule has 1 atom stereocenters. The molecule has 1 aliphatic heterocycles. The van der Waals surface area contributed by atoms with Gasteiger partial charge in [0.05, 0.1) is 25.9 Å². The van der Waals surface area contributed by atoms with Gasteiger partial charge in [-0.3, -0.25) is 4.90 Å². The Balaban J connectivity index is 1.83. The molecule has 1 aromatic heterocycles. The molecule has 1 unspecified atom stereocenters. The summed E-state index contributed by atoms with van der Waals surface area (Å²) in [7, 11) is 0. The molecular weight excluding hydrogens is 234 g/mol. The van der Waals surface area contributed by atoms with Gasteiger partial charge in [-0.1, -0.05) is 18.5 Å². The predicted molar refractivity (Wildman–Crippen MR) is 65.0 cm³/mol. The zero-order chi connectivity index (χ0) is 12.8. The van der Waals surface area contributed by atoms with Crippen LogP contribution < -0.4 is 0 Å². The van der Waals surface area contributed by atoms with Crippen LogP contribution in [0.25, 0.3) is 0 Å². The first kappa shape index (κ1) is 13.5. The van der Waals surface area contributed by atoms with E-state index in [0.717, 1.165) is 31.6 Å². The number of hydrogen-bond acceptors (Lipinski definition) is 6. The lowest BCUT2D eigenvalue weighted by Crippen LogP contribution is -2.43. The highest BCUT2D eigenvalue weighted by Crippen LogP contribution is 2.10. The quantitative estimate of drug-likeness (QED) is 0.803. The molecule has 6 nitrogen and oxygen atoms in total. The summed E-state index contributed by atoms with van der Waals surface area (Å²) in [6.45, 7) is 5.03. The Labute approximate surface area is 107 Å². The average molecular weight is 255 g/mol. The number of aliphatic hydroxyl groups excluding tert-OH is 1. The minimum Gasteiger partial charge on any atom is -0.394 e. The molecule has 1 N–H and O–H groups in total. The molecule has 2 heterocycles. The number of morpholine rings is 1. The van der Waals surface area contributed by atoms with Crippen LogP contribution in [0, 0.1) is 0 Å². The van der Waals surface area contributed by atoms with Gasteiger partial charge < -0.3 is 14.4 Å². The van der Waals surface area contributed by atoms with Gasteiger partial charge in [0.1, 0.15) is 0 Å². The van der Waals surface area contributed by atoms with E-state index in [9.17, 15) is 0 Å². The molecule has 102 valence electrons. The molecule has 0 radical (unpaired) electrons. The molecule has 0 saturated carbocycles. The Morgan fingerprint density at radius 2 is 2.39 bits per heavy atom. The van der Waals surface area contributed by atoms with Crippen LogP contribution in [0.2, 0.25) is 0 Å². The smallest absolute Gasteiger partial charge is 0.240 e. The van der Waals surface area contributed by atoms with Crippen LogP contribution >= 0.6 is 0 Å². The van der Waals surface area contributed by atoms with Gasteiger partial charge in [0.2, 0.25) is 5.89 Å². The SMILES string of the molecule is CCCCc1noc(CN2CCOC(CO)C2)n1. The van der Waals surface area contributed by atoms with Gasteiger partial charge in [0, 0.05) is 19.5 Å². The second kappa shape index (κ2) is 6.82. The largest absolute Gasteiger partial charge is 0.394 e. The number of unbranched alkanes of at least 4 members (excludes halogenated alkanes) is 1. The van der Waals surface area contributed by atoms with Crippen molar-refractivity contribution in [2.24, 2.45) is 0 Å². The Bertz CT molecular complexity index is 356. The molecule has 1 saturated heterocycles. The van der Waals surface area contributed by atoms with E-state index in [-0.39, 0.29) is 12.7 Å². The Morgan fingerprint density at radius 1 is 1.50 bits per heavy atom. The minimum atomic E-state index is -0.0961. The fraction of sp³-hybridized carbons (Fsp3) is 0.833. The standard InChI is InChI=1S/C12H21N3O3/c1-2-3-4-11-13-12(18-14-11)8-15-5-6-17-10(7-15)9-16/h10,16H,2-9H2,1H3. The molecule has 0 aromatic carbocycles. The second-order valence-corrected chi connectivity index (χ2v) is 4.62. The highest BCUT2D eigenvalue weighted by atomic mass is 16.5. The van der Waals surface area contributed by atoms with E-state index < -0.39 is 0 Å². The number of hydrogen-bond donors (Lipinski definition) is 1. The number of ether oxygens (including phenoxy) is 1. The summed E-state index contributed by atoms with van der Waals surface area (Å²) in [6.07, 6.45) is 3.00. The van der Waals surface area contributed by atoms with Crippen molar-refractivity contribution in [2.45, 2.75) is 38.8 Å². The lowest BCUT2D eigenvalue weighted by molar-refractivity contribution is -0.0571. The fourth-order valence-corrected chi connectivity index (χ4v) is 2.02. The lowest BCUT2D eigenvalue weighted by atomic mass is 10.2. The summed E-state index contributed by atoms with van der Waals surface area (Å²) in [6, 6.07) is 0. The number of aryl methyl sites for hydroxylation is 1. The van der Waals surface area contributed by atoms with Gasteiger partial charge in [-0.15, -0.1) is 0 Å². The van der Waals surface area contributed by atoms with Crippen LogP contribution in [0.3, 0.4) is 0 Å². The molecule has 6 heteroatoms. The van der Waals surface area contributed by atoms with Crippen molar-refractivity contribution in [3.8, 4) is 0 Å². The molecule has 1 fully saturated rings. The molecular formula is C12H21N3O3. The van der Waals surface area contributed by atoms with Gasteiger partial charge >= 0.3 is 0 Å². The molecule has 0 amide bonds. The van der Waals surface area contributed by atoms with Gasteiger partial charge in [-0.25, -0.2) is 0 Å². The summed E-state index contributed by atoms with van der Waals surface area (Å²) in [4.78, 5) is 6.54. The van der Waals surface area contributed by atoms with Crippen molar-refractivity contribution < 1.29 is 14.4 Å². The maximum Gasteiger partial charge on any atom is 0.240 e. The van der Waals surface area contributed by atoms with Crippen molar-refractivity contribution in [1.82, 2.24) is 15.0 Å². The Hall–Kier alpha value is -0.980. The van der Waals surface area contributed by atoms with Crippen LogP contribution in [0.1, 0.15) is 31.5 Å². The maximum atomic E-state index is 9.07. The van der Waals surface area contributed by atoms with Gasteiger partial charge in [-0.05, 0) is 6.42 Å². The number of aromatic nitrogens is 2. The first-order valence-corrected chi connectivity index (χ1v) is 6.58. The van der Waals surface area contributed by atoms with Crippen molar-refractivity contribution in [1.29, 1.82) is 0 Å². The topological polar surface area (TPSA) is 71.6 Å². The number of nitrogens with zero attached hydrogens (tertiary/aromatic N) is 3. The monoisotopic (exact) mass is 255 g/mol. The highest BCUT2D eigenvalue weighted by molar-refractivity contribution is 4.87. The third-order valence-corrected chi connectivity index (χ3v) is 3.05. The normalized spacial score (nSPS) is 21.3. The lowest BCUT2D eigenvalue weighted by Gasteiger charge is -2.30. The van der Waals surface area contributed by atoms with Crippen LogP contribution in [-0.4, -0.2) is 52.6 Å². The van der Waals surface area contributed by atoms with Crippen LogP contribution in [-0.2, 0) is 17.7 Å². The fourth-order valence-electron chi connectivity index (χ4n) is 2.02. The zero-order valence-electron chi connectivity index (χ0n) is 10.8. The van der Waals surface area contributed by atoms with E-state index >= 15 is 0 Å². The number of aliphatic hydroxyl groups is 1. The van der Waals surface area contributed by atoms with E-state index in [1.54, 1.807) is 0 Å². The van der Waals surface area contributed by atoms with E-state index in [4.69, 9.17) is 14.4 Å². The van der Waals surface area contributed by atoms with E-state index in [2.05, 4.69) is 22.0 Å². The molecule has 0 aliphatic carbocycles. The summed E-state index contributed by atoms with van der Waals surface area (Å²) < 4.78 is 10.6. The summed E-state index contributed by atoms with van der Waals surface area (Å²) in [5.41, 5.74) is 0. The molecule has 1 aromatic rings. The second-order valence-electron chi connectivity index (χ2n) is 4.62. The average Bonchev–Trinajstić information content (AvgIpc) is 2.84. The zero-order valence-corrected chi connectivity index (χ0v) is 10.8. The van der Waals surface area contributed by atoms with Crippen LogP contribution in [0.5, 0.6) is 0 Å². The van der Waals surface area contributed by atoms with Gasteiger partial charge in [0.25, 0.3) is 0 Å². The highest BCUT2D eigenvalue weighted by Gasteiger charge is 2.21. The predicted octanol–water partition coefficient (Wildman–Crippen LogP) is 0.605.